The number of hydrogen-bond donors (Lipinski definition) is 2. The Morgan fingerprint density at radius 3 is 2.42 bits per heavy atom. The highest BCUT2D eigenvalue weighted by Gasteiger charge is 2.50. The Bertz CT molecular complexity index is 343. The molecule has 2 aliphatic carbocycles. The van der Waals surface area contributed by atoms with Crippen molar-refractivity contribution in [2.75, 3.05) is 6.54 Å². The maximum absolute atomic E-state index is 12.0. The molecule has 2 N–H and O–H groups in total. The maximum atomic E-state index is 12.0. The van der Waals surface area contributed by atoms with Crippen LogP contribution in [0.5, 0.6) is 0 Å². The van der Waals surface area contributed by atoms with E-state index in [1.165, 1.54) is 32.1 Å². The Labute approximate surface area is 115 Å². The van der Waals surface area contributed by atoms with E-state index in [2.05, 4.69) is 5.32 Å². The molecule has 0 saturated heterocycles. The predicted molar refractivity (Wildman–Crippen MR) is 72.7 cm³/mol. The number of aliphatic carboxylic acids is 1. The van der Waals surface area contributed by atoms with Gasteiger partial charge in [-0.15, -0.1) is 0 Å². The van der Waals surface area contributed by atoms with Gasteiger partial charge in [0.1, 0.15) is 0 Å². The fraction of sp³-hybridized carbons (Fsp3) is 0.867. The largest absolute Gasteiger partial charge is 0.481 e. The first-order chi connectivity index (χ1) is 9.03. The Balaban J connectivity index is 1.71. The van der Waals surface area contributed by atoms with Gasteiger partial charge < -0.3 is 10.4 Å². The SMILES string of the molecule is CC(CC1CCCCC1)C(=O)NCC1(C(=O)O)CC1. The second-order valence-corrected chi connectivity index (χ2v) is 6.44. The molecule has 2 aliphatic rings. The summed E-state index contributed by atoms with van der Waals surface area (Å²) in [4.78, 5) is 23.0. The van der Waals surface area contributed by atoms with Gasteiger partial charge in [0.2, 0.25) is 5.91 Å². The lowest BCUT2D eigenvalue weighted by Crippen LogP contribution is -2.37. The van der Waals surface area contributed by atoms with Gasteiger partial charge in [-0.3, -0.25) is 9.59 Å². The molecule has 0 spiro atoms. The smallest absolute Gasteiger partial charge is 0.311 e. The quantitative estimate of drug-likeness (QED) is 0.777. The molecule has 0 aromatic rings. The van der Waals surface area contributed by atoms with Gasteiger partial charge >= 0.3 is 5.97 Å². The third kappa shape index (κ3) is 3.71. The van der Waals surface area contributed by atoms with E-state index in [9.17, 15) is 9.59 Å². The summed E-state index contributed by atoms with van der Waals surface area (Å²) in [5.74, 6) is -0.0533. The van der Waals surface area contributed by atoms with Crippen LogP contribution >= 0.6 is 0 Å². The van der Waals surface area contributed by atoms with Crippen LogP contribution < -0.4 is 5.32 Å². The van der Waals surface area contributed by atoms with Crippen LogP contribution in [0, 0.1) is 17.3 Å². The van der Waals surface area contributed by atoms with Crippen LogP contribution in [-0.4, -0.2) is 23.5 Å². The number of carboxylic acids is 1. The molecule has 0 aliphatic heterocycles. The lowest BCUT2D eigenvalue weighted by Gasteiger charge is -2.24. The van der Waals surface area contributed by atoms with Crippen LogP contribution in [0.15, 0.2) is 0 Å². The lowest BCUT2D eigenvalue weighted by molar-refractivity contribution is -0.143. The number of nitrogens with one attached hydrogen (secondary N) is 1. The third-order valence-corrected chi connectivity index (χ3v) is 4.77. The van der Waals surface area contributed by atoms with Crippen LogP contribution in [-0.2, 0) is 9.59 Å². The molecule has 0 radical (unpaired) electrons. The molecule has 2 saturated carbocycles. The number of rotatable bonds is 6. The third-order valence-electron chi connectivity index (χ3n) is 4.77. The topological polar surface area (TPSA) is 66.4 Å². The Kier molecular flexibility index (Phi) is 4.48. The standard InChI is InChI=1S/C15H25NO3/c1-11(9-12-5-3-2-4-6-12)13(17)16-10-15(7-8-15)14(18)19/h11-12H,2-10H2,1H3,(H,16,17)(H,18,19). The number of carbonyl (C=O) groups excluding carboxylic acids is 1. The minimum atomic E-state index is -0.771. The minimum Gasteiger partial charge on any atom is -0.481 e. The van der Waals surface area contributed by atoms with Gasteiger partial charge in [-0.05, 0) is 25.2 Å². The molecule has 0 aromatic heterocycles. The average Bonchev–Trinajstić information content (AvgIpc) is 3.18. The zero-order valence-electron chi connectivity index (χ0n) is 11.8. The Hall–Kier alpha value is -1.06. The Morgan fingerprint density at radius 1 is 1.26 bits per heavy atom. The molecule has 4 nitrogen and oxygen atoms in total. The summed E-state index contributed by atoms with van der Waals surface area (Å²) in [5.41, 5.74) is -0.653. The molecule has 1 atom stereocenters. The summed E-state index contributed by atoms with van der Waals surface area (Å²) in [7, 11) is 0. The number of hydrogen-bond acceptors (Lipinski definition) is 2. The van der Waals surface area contributed by atoms with E-state index < -0.39 is 11.4 Å². The fourth-order valence-corrected chi connectivity index (χ4v) is 3.08. The summed E-state index contributed by atoms with van der Waals surface area (Å²) >= 11 is 0. The second kappa shape index (κ2) is 5.93. The molecule has 1 amide bonds. The summed E-state index contributed by atoms with van der Waals surface area (Å²) in [5, 5.41) is 11.9. The maximum Gasteiger partial charge on any atom is 0.311 e. The highest BCUT2D eigenvalue weighted by molar-refractivity contribution is 5.81. The first-order valence-corrected chi connectivity index (χ1v) is 7.55. The number of carbonyl (C=O) groups is 2. The summed E-state index contributed by atoms with van der Waals surface area (Å²) in [6.45, 7) is 2.26. The van der Waals surface area contributed by atoms with E-state index in [4.69, 9.17) is 5.11 Å². The minimum absolute atomic E-state index is 0.00712. The summed E-state index contributed by atoms with van der Waals surface area (Å²) in [6, 6.07) is 0. The zero-order chi connectivity index (χ0) is 13.9. The molecule has 2 fully saturated rings. The van der Waals surface area contributed by atoms with Gasteiger partial charge in [-0.2, -0.15) is 0 Å². The van der Waals surface area contributed by atoms with Crippen molar-refractivity contribution in [1.29, 1.82) is 0 Å². The van der Waals surface area contributed by atoms with E-state index in [0.717, 1.165) is 6.42 Å². The highest BCUT2D eigenvalue weighted by Crippen LogP contribution is 2.45. The van der Waals surface area contributed by atoms with Crippen LogP contribution in [0.2, 0.25) is 0 Å². The van der Waals surface area contributed by atoms with Crippen molar-refractivity contribution < 1.29 is 14.7 Å². The first kappa shape index (κ1) is 14.4. The summed E-state index contributed by atoms with van der Waals surface area (Å²) < 4.78 is 0. The zero-order valence-corrected chi connectivity index (χ0v) is 11.8. The van der Waals surface area contributed by atoms with Crippen molar-refractivity contribution in [2.24, 2.45) is 17.3 Å². The predicted octanol–water partition coefficient (Wildman–Crippen LogP) is 2.57. The van der Waals surface area contributed by atoms with Gasteiger partial charge in [0, 0.05) is 12.5 Å². The average molecular weight is 267 g/mol. The van der Waals surface area contributed by atoms with Crippen molar-refractivity contribution in [2.45, 2.75) is 58.3 Å². The van der Waals surface area contributed by atoms with Gasteiger partial charge in [0.25, 0.3) is 0 Å². The monoisotopic (exact) mass is 267 g/mol. The van der Waals surface area contributed by atoms with Crippen LogP contribution in [0.25, 0.3) is 0 Å². The van der Waals surface area contributed by atoms with Crippen LogP contribution in [0.4, 0.5) is 0 Å². The molecule has 4 heteroatoms. The van der Waals surface area contributed by atoms with Crippen LogP contribution in [0.1, 0.15) is 58.3 Å². The fourth-order valence-electron chi connectivity index (χ4n) is 3.08. The number of carboxylic acid groups (broad SMARTS) is 1. The van der Waals surface area contributed by atoms with Gasteiger partial charge in [0.15, 0.2) is 0 Å². The van der Waals surface area contributed by atoms with E-state index in [-0.39, 0.29) is 11.8 Å². The molecule has 1 unspecified atom stereocenters. The van der Waals surface area contributed by atoms with Gasteiger partial charge in [-0.25, -0.2) is 0 Å². The Morgan fingerprint density at radius 2 is 1.89 bits per heavy atom. The van der Waals surface area contributed by atoms with E-state index >= 15 is 0 Å². The van der Waals surface area contributed by atoms with E-state index in [0.29, 0.717) is 25.3 Å². The lowest BCUT2D eigenvalue weighted by atomic mass is 9.83. The van der Waals surface area contributed by atoms with Crippen molar-refractivity contribution in [3.63, 3.8) is 0 Å². The normalized spacial score (nSPS) is 23.6. The molecule has 19 heavy (non-hydrogen) atoms. The first-order valence-electron chi connectivity index (χ1n) is 7.55. The molecular formula is C15H25NO3. The molecule has 0 bridgehead atoms. The second-order valence-electron chi connectivity index (χ2n) is 6.44. The molecule has 108 valence electrons. The van der Waals surface area contributed by atoms with E-state index in [1.54, 1.807) is 0 Å². The van der Waals surface area contributed by atoms with Gasteiger partial charge in [-0.1, -0.05) is 39.0 Å². The van der Waals surface area contributed by atoms with Gasteiger partial charge in [0.05, 0.1) is 5.41 Å². The van der Waals surface area contributed by atoms with E-state index in [1.807, 2.05) is 6.92 Å². The van der Waals surface area contributed by atoms with Crippen molar-refractivity contribution in [3.05, 3.63) is 0 Å². The number of amides is 1. The molecular weight excluding hydrogens is 242 g/mol. The van der Waals surface area contributed by atoms with Crippen LogP contribution in [0.3, 0.4) is 0 Å². The van der Waals surface area contributed by atoms with Crippen molar-refractivity contribution in [1.82, 2.24) is 5.32 Å². The molecule has 0 heterocycles. The summed E-state index contributed by atoms with van der Waals surface area (Å²) in [6.07, 6.45) is 8.75. The molecule has 0 aromatic carbocycles. The van der Waals surface area contributed by atoms with Crippen molar-refractivity contribution in [3.8, 4) is 0 Å². The van der Waals surface area contributed by atoms with Crippen molar-refractivity contribution >= 4 is 11.9 Å². The molecule has 2 rings (SSSR count). The highest BCUT2D eigenvalue weighted by atomic mass is 16.4.